The third kappa shape index (κ3) is 4.26. The smallest absolute Gasteiger partial charge is 0.227 e. The number of hydrogen-bond donors (Lipinski definition) is 0. The van der Waals surface area contributed by atoms with Gasteiger partial charge in [0, 0.05) is 13.0 Å². The largest absolute Gasteiger partial charge is 0.368 e. The number of pyridine rings is 1. The van der Waals surface area contributed by atoms with E-state index >= 15 is 0 Å². The van der Waals surface area contributed by atoms with Gasteiger partial charge in [-0.2, -0.15) is 0 Å². The lowest BCUT2D eigenvalue weighted by Gasteiger charge is -2.33. The molecule has 0 unspecified atom stereocenters. The van der Waals surface area contributed by atoms with E-state index in [-0.39, 0.29) is 24.2 Å². The van der Waals surface area contributed by atoms with Crippen molar-refractivity contribution in [2.45, 2.75) is 32.8 Å². The van der Waals surface area contributed by atoms with Crippen LogP contribution in [-0.4, -0.2) is 40.6 Å². The minimum atomic E-state index is -0.336. The van der Waals surface area contributed by atoms with Crippen LogP contribution in [0.15, 0.2) is 47.0 Å². The average Bonchev–Trinajstić information content (AvgIpc) is 3.14. The number of nitrogens with zero attached hydrogens (tertiary/aromatic N) is 3. The Morgan fingerprint density at radius 2 is 2.10 bits per heavy atom. The summed E-state index contributed by atoms with van der Waals surface area (Å²) in [6.45, 7) is 5.26. The Labute approximate surface area is 174 Å². The molecule has 1 atom stereocenters. The maximum Gasteiger partial charge on any atom is 0.227 e. The first-order valence-electron chi connectivity index (χ1n) is 10.1. The Balaban J connectivity index is 1.51. The zero-order valence-corrected chi connectivity index (χ0v) is 17.1. The molecule has 30 heavy (non-hydrogen) atoms. The summed E-state index contributed by atoms with van der Waals surface area (Å²) in [4.78, 5) is 19.3. The Morgan fingerprint density at radius 1 is 1.27 bits per heavy atom. The number of aromatic nitrogens is 2. The van der Waals surface area contributed by atoms with Gasteiger partial charge < -0.3 is 14.2 Å². The Morgan fingerprint density at radius 3 is 2.90 bits per heavy atom. The van der Waals surface area contributed by atoms with Crippen LogP contribution >= 0.6 is 0 Å². The predicted molar refractivity (Wildman–Crippen MR) is 109 cm³/mol. The fraction of sp³-hybridized carbons (Fsp3) is 0.348. The lowest BCUT2D eigenvalue weighted by molar-refractivity contribution is -0.138. The first-order valence-corrected chi connectivity index (χ1v) is 10.1. The van der Waals surface area contributed by atoms with Crippen molar-refractivity contribution in [1.29, 1.82) is 0 Å². The number of carbonyl (C=O) groups excluding carboxylic acids is 1. The Kier molecular flexibility index (Phi) is 5.90. The summed E-state index contributed by atoms with van der Waals surface area (Å²) in [5.41, 5.74) is 3.92. The second-order valence-corrected chi connectivity index (χ2v) is 7.37. The molecule has 156 valence electrons. The van der Waals surface area contributed by atoms with E-state index in [9.17, 15) is 9.18 Å². The van der Waals surface area contributed by atoms with Gasteiger partial charge in [-0.15, -0.1) is 0 Å². The van der Waals surface area contributed by atoms with Crippen molar-refractivity contribution in [3.8, 4) is 11.3 Å². The van der Waals surface area contributed by atoms with E-state index in [2.05, 4.69) is 5.16 Å². The van der Waals surface area contributed by atoms with Crippen LogP contribution in [-0.2, 0) is 22.4 Å². The quantitative estimate of drug-likeness (QED) is 0.640. The van der Waals surface area contributed by atoms with Crippen molar-refractivity contribution in [3.63, 3.8) is 0 Å². The standard InChI is InChI=1S/C23H24FN3O3/c1-3-20-23(15(2)26-30-20)19-9-5-8-18(25-19)21-14-27(10-11-29-21)22(28)13-16-6-4-7-17(24)12-16/h4-9,12,21H,3,10-11,13-14H2,1-2H3/t21-/m0/s1. The molecular formula is C23H24FN3O3. The zero-order chi connectivity index (χ0) is 21.1. The molecule has 3 heterocycles. The molecule has 6 nitrogen and oxygen atoms in total. The molecule has 4 rings (SSSR count). The van der Waals surface area contributed by atoms with E-state index in [0.29, 0.717) is 25.3 Å². The van der Waals surface area contributed by atoms with Crippen molar-refractivity contribution < 1.29 is 18.4 Å². The maximum absolute atomic E-state index is 13.4. The van der Waals surface area contributed by atoms with Gasteiger partial charge in [-0.1, -0.05) is 30.3 Å². The molecule has 3 aromatic rings. The summed E-state index contributed by atoms with van der Waals surface area (Å²) in [5.74, 6) is 0.415. The predicted octanol–water partition coefficient (Wildman–Crippen LogP) is 3.89. The molecule has 1 saturated heterocycles. The van der Waals surface area contributed by atoms with Crippen molar-refractivity contribution in [2.75, 3.05) is 19.7 Å². The van der Waals surface area contributed by atoms with Crippen LogP contribution in [0, 0.1) is 12.7 Å². The monoisotopic (exact) mass is 409 g/mol. The number of ether oxygens (including phenoxy) is 1. The third-order valence-corrected chi connectivity index (χ3v) is 5.27. The normalized spacial score (nSPS) is 16.6. The van der Waals surface area contributed by atoms with Crippen LogP contribution in [0.3, 0.4) is 0 Å². The zero-order valence-electron chi connectivity index (χ0n) is 17.1. The molecule has 0 aliphatic carbocycles. The fourth-order valence-electron chi connectivity index (χ4n) is 3.74. The summed E-state index contributed by atoms with van der Waals surface area (Å²) in [6.07, 6.45) is 0.572. The molecule has 0 bridgehead atoms. The fourth-order valence-corrected chi connectivity index (χ4v) is 3.74. The topological polar surface area (TPSA) is 68.5 Å². The summed E-state index contributed by atoms with van der Waals surface area (Å²) in [5, 5.41) is 4.06. The van der Waals surface area contributed by atoms with E-state index in [4.69, 9.17) is 14.2 Å². The molecule has 1 amide bonds. The average molecular weight is 409 g/mol. The van der Waals surface area contributed by atoms with Gasteiger partial charge in [0.1, 0.15) is 17.7 Å². The van der Waals surface area contributed by atoms with Crippen LogP contribution in [0.4, 0.5) is 4.39 Å². The highest BCUT2D eigenvalue weighted by atomic mass is 19.1. The lowest BCUT2D eigenvalue weighted by Crippen LogP contribution is -2.43. The molecule has 2 aromatic heterocycles. The van der Waals surface area contributed by atoms with Crippen LogP contribution in [0.1, 0.15) is 35.7 Å². The van der Waals surface area contributed by atoms with Crippen LogP contribution in [0.5, 0.6) is 0 Å². The van der Waals surface area contributed by atoms with Gasteiger partial charge in [0.25, 0.3) is 0 Å². The van der Waals surface area contributed by atoms with E-state index < -0.39 is 0 Å². The first-order chi connectivity index (χ1) is 14.5. The number of hydrogen-bond acceptors (Lipinski definition) is 5. The number of amides is 1. The Bertz CT molecular complexity index is 1050. The third-order valence-electron chi connectivity index (χ3n) is 5.27. The van der Waals surface area contributed by atoms with E-state index in [0.717, 1.165) is 34.8 Å². The molecule has 0 N–H and O–H groups in total. The SMILES string of the molecule is CCc1onc(C)c1-c1cccc([C@@H]2CN(C(=O)Cc3cccc(F)c3)CCO2)n1. The molecule has 0 radical (unpaired) electrons. The molecule has 1 aromatic carbocycles. The van der Waals surface area contributed by atoms with E-state index in [1.165, 1.54) is 12.1 Å². The molecule has 7 heteroatoms. The molecule has 1 aliphatic heterocycles. The van der Waals surface area contributed by atoms with Gasteiger partial charge in [-0.25, -0.2) is 9.37 Å². The van der Waals surface area contributed by atoms with Gasteiger partial charge in [0.2, 0.25) is 5.91 Å². The van der Waals surface area contributed by atoms with Crippen LogP contribution < -0.4 is 0 Å². The summed E-state index contributed by atoms with van der Waals surface area (Å²) in [7, 11) is 0. The summed E-state index contributed by atoms with van der Waals surface area (Å²) in [6, 6.07) is 11.9. The maximum atomic E-state index is 13.4. The van der Waals surface area contributed by atoms with Gasteiger partial charge in [0.05, 0.1) is 42.2 Å². The second-order valence-electron chi connectivity index (χ2n) is 7.37. The van der Waals surface area contributed by atoms with Crippen LogP contribution in [0.25, 0.3) is 11.3 Å². The van der Waals surface area contributed by atoms with Crippen LogP contribution in [0.2, 0.25) is 0 Å². The number of morpholine rings is 1. The van der Waals surface area contributed by atoms with Gasteiger partial charge in [-0.05, 0) is 36.8 Å². The highest BCUT2D eigenvalue weighted by molar-refractivity contribution is 5.79. The molecular weight excluding hydrogens is 385 g/mol. The lowest BCUT2D eigenvalue weighted by atomic mass is 10.1. The number of halogens is 1. The first kappa shape index (κ1) is 20.2. The highest BCUT2D eigenvalue weighted by Crippen LogP contribution is 2.29. The van der Waals surface area contributed by atoms with Gasteiger partial charge in [0.15, 0.2) is 0 Å². The van der Waals surface area contributed by atoms with Crippen molar-refractivity contribution in [3.05, 3.63) is 71.0 Å². The van der Waals surface area contributed by atoms with Gasteiger partial charge >= 0.3 is 0 Å². The van der Waals surface area contributed by atoms with Crippen molar-refractivity contribution >= 4 is 5.91 Å². The van der Waals surface area contributed by atoms with Gasteiger partial charge in [-0.3, -0.25) is 4.79 Å². The van der Waals surface area contributed by atoms with E-state index in [1.807, 2.05) is 32.0 Å². The second kappa shape index (κ2) is 8.75. The molecule has 0 spiro atoms. The van der Waals surface area contributed by atoms with Crippen molar-refractivity contribution in [2.24, 2.45) is 0 Å². The Hall–Kier alpha value is -3.06. The number of rotatable bonds is 5. The van der Waals surface area contributed by atoms with Crippen molar-refractivity contribution in [1.82, 2.24) is 15.0 Å². The minimum absolute atomic E-state index is 0.0480. The summed E-state index contributed by atoms with van der Waals surface area (Å²) < 4.78 is 24.7. The molecule has 0 saturated carbocycles. The number of benzene rings is 1. The minimum Gasteiger partial charge on any atom is -0.368 e. The highest BCUT2D eigenvalue weighted by Gasteiger charge is 2.27. The summed E-state index contributed by atoms with van der Waals surface area (Å²) >= 11 is 0. The number of aryl methyl sites for hydroxylation is 2. The van der Waals surface area contributed by atoms with E-state index in [1.54, 1.807) is 17.0 Å². The molecule has 1 fully saturated rings. The number of carbonyl (C=O) groups is 1. The molecule has 1 aliphatic rings.